The number of rotatable bonds is 4. The molecule has 2 aromatic carbocycles. The predicted molar refractivity (Wildman–Crippen MR) is 97.1 cm³/mol. The maximum atomic E-state index is 13.0. The molecule has 1 fully saturated rings. The van der Waals surface area contributed by atoms with Crippen molar-refractivity contribution < 1.29 is 13.2 Å². The van der Waals surface area contributed by atoms with Crippen molar-refractivity contribution in [2.45, 2.75) is 19.6 Å². The number of benzene rings is 2. The Morgan fingerprint density at radius 2 is 1.62 bits per heavy atom. The van der Waals surface area contributed by atoms with Crippen molar-refractivity contribution in [1.29, 1.82) is 0 Å². The Labute approximate surface area is 151 Å². The van der Waals surface area contributed by atoms with Crippen LogP contribution in [0.4, 0.5) is 13.2 Å². The fourth-order valence-corrected chi connectivity index (χ4v) is 2.97. The van der Waals surface area contributed by atoms with Gasteiger partial charge in [-0.25, -0.2) is 0 Å². The summed E-state index contributed by atoms with van der Waals surface area (Å²) in [5.41, 5.74) is 1.96. The summed E-state index contributed by atoms with van der Waals surface area (Å²) in [4.78, 5) is 2.33. The lowest BCUT2D eigenvalue weighted by Gasteiger charge is -2.33. The van der Waals surface area contributed by atoms with Crippen LogP contribution < -0.4 is 0 Å². The van der Waals surface area contributed by atoms with E-state index in [2.05, 4.69) is 41.2 Å². The van der Waals surface area contributed by atoms with Gasteiger partial charge in [-0.1, -0.05) is 48.0 Å². The second kappa shape index (κ2) is 7.91. The molecule has 0 aliphatic carbocycles. The van der Waals surface area contributed by atoms with E-state index in [1.54, 1.807) is 6.07 Å². The molecule has 138 valence electrons. The summed E-state index contributed by atoms with van der Waals surface area (Å²) in [5.74, 6) is 0. The first-order valence-corrected chi connectivity index (χ1v) is 8.65. The van der Waals surface area contributed by atoms with Crippen LogP contribution in [-0.4, -0.2) is 42.3 Å². The number of hydrazone groups is 1. The Balaban J connectivity index is 1.56. The average Bonchev–Trinajstić information content (AvgIpc) is 2.62. The van der Waals surface area contributed by atoms with Gasteiger partial charge in [0.05, 0.1) is 11.8 Å². The molecule has 0 spiro atoms. The number of piperazine rings is 1. The summed E-state index contributed by atoms with van der Waals surface area (Å²) in [6.45, 7) is 6.04. The van der Waals surface area contributed by atoms with Gasteiger partial charge in [0.2, 0.25) is 0 Å². The van der Waals surface area contributed by atoms with Crippen LogP contribution in [0, 0.1) is 6.92 Å². The standard InChI is InChI=1S/C20H22F3N3/c1-16-6-8-17(9-7-16)15-25-10-12-26(13-11-25)24-14-18-4-2-3-5-19(18)20(21,22)23/h2-9,14H,10-13,15H2,1H3. The van der Waals surface area contributed by atoms with Crippen molar-refractivity contribution in [3.05, 3.63) is 70.8 Å². The quantitative estimate of drug-likeness (QED) is 0.762. The summed E-state index contributed by atoms with van der Waals surface area (Å²) >= 11 is 0. The van der Waals surface area contributed by atoms with E-state index in [1.165, 1.54) is 29.5 Å². The highest BCUT2D eigenvalue weighted by molar-refractivity contribution is 5.81. The third-order valence-electron chi connectivity index (χ3n) is 4.50. The first kappa shape index (κ1) is 18.5. The van der Waals surface area contributed by atoms with E-state index in [4.69, 9.17) is 0 Å². The van der Waals surface area contributed by atoms with Crippen molar-refractivity contribution >= 4 is 6.21 Å². The summed E-state index contributed by atoms with van der Waals surface area (Å²) in [6, 6.07) is 14.0. The van der Waals surface area contributed by atoms with Crippen molar-refractivity contribution in [3.8, 4) is 0 Å². The Morgan fingerprint density at radius 3 is 2.27 bits per heavy atom. The first-order valence-electron chi connectivity index (χ1n) is 8.65. The molecule has 0 saturated carbocycles. The molecule has 1 saturated heterocycles. The smallest absolute Gasteiger partial charge is 0.295 e. The minimum atomic E-state index is -4.37. The van der Waals surface area contributed by atoms with Gasteiger partial charge in [-0.3, -0.25) is 9.91 Å². The van der Waals surface area contributed by atoms with E-state index in [-0.39, 0.29) is 5.56 Å². The minimum absolute atomic E-state index is 0.0992. The lowest BCUT2D eigenvalue weighted by molar-refractivity contribution is -0.137. The highest BCUT2D eigenvalue weighted by atomic mass is 19.4. The van der Waals surface area contributed by atoms with Crippen LogP contribution in [0.3, 0.4) is 0 Å². The fraction of sp³-hybridized carbons (Fsp3) is 0.350. The molecule has 0 unspecified atom stereocenters. The van der Waals surface area contributed by atoms with Gasteiger partial charge < -0.3 is 0 Å². The molecule has 3 rings (SSSR count). The largest absolute Gasteiger partial charge is 0.417 e. The van der Waals surface area contributed by atoms with Crippen molar-refractivity contribution in [2.75, 3.05) is 26.2 Å². The van der Waals surface area contributed by atoms with E-state index in [0.717, 1.165) is 25.7 Å². The maximum absolute atomic E-state index is 13.0. The monoisotopic (exact) mass is 361 g/mol. The molecule has 26 heavy (non-hydrogen) atoms. The number of alkyl halides is 3. The van der Waals surface area contributed by atoms with Gasteiger partial charge >= 0.3 is 6.18 Å². The van der Waals surface area contributed by atoms with Crippen molar-refractivity contribution in [2.24, 2.45) is 5.10 Å². The van der Waals surface area contributed by atoms with Gasteiger partial charge in [-0.15, -0.1) is 0 Å². The molecule has 0 aromatic heterocycles. The van der Waals surface area contributed by atoms with Crippen LogP contribution in [0.25, 0.3) is 0 Å². The summed E-state index contributed by atoms with van der Waals surface area (Å²) in [6.07, 6.45) is -3.05. The SMILES string of the molecule is Cc1ccc(CN2CCN(N=Cc3ccccc3C(F)(F)F)CC2)cc1. The van der Waals surface area contributed by atoms with Gasteiger partial charge in [0.25, 0.3) is 0 Å². The lowest BCUT2D eigenvalue weighted by atomic mass is 10.1. The van der Waals surface area contributed by atoms with Gasteiger partial charge in [0.1, 0.15) is 0 Å². The second-order valence-corrected chi connectivity index (χ2v) is 6.54. The topological polar surface area (TPSA) is 18.8 Å². The summed E-state index contributed by atoms with van der Waals surface area (Å²) < 4.78 is 39.0. The van der Waals surface area contributed by atoms with E-state index in [0.29, 0.717) is 13.1 Å². The molecule has 6 heteroatoms. The molecule has 0 amide bonds. The molecule has 0 bridgehead atoms. The number of aryl methyl sites for hydroxylation is 1. The lowest BCUT2D eigenvalue weighted by Crippen LogP contribution is -2.43. The van der Waals surface area contributed by atoms with Crippen LogP contribution in [0.2, 0.25) is 0 Å². The molecule has 0 N–H and O–H groups in total. The molecule has 1 heterocycles. The summed E-state index contributed by atoms with van der Waals surface area (Å²) in [5, 5.41) is 6.09. The second-order valence-electron chi connectivity index (χ2n) is 6.54. The van der Waals surface area contributed by atoms with Crippen molar-refractivity contribution in [3.63, 3.8) is 0 Å². The van der Waals surface area contributed by atoms with Gasteiger partial charge in [-0.05, 0) is 18.6 Å². The number of hydrogen-bond donors (Lipinski definition) is 0. The molecule has 1 aliphatic rings. The molecule has 3 nitrogen and oxygen atoms in total. The molecular formula is C20H22F3N3. The van der Waals surface area contributed by atoms with Crippen LogP contribution in [-0.2, 0) is 12.7 Å². The average molecular weight is 361 g/mol. The normalized spacial score (nSPS) is 16.4. The van der Waals surface area contributed by atoms with Crippen molar-refractivity contribution in [1.82, 2.24) is 9.91 Å². The number of nitrogens with zero attached hydrogens (tertiary/aromatic N) is 3. The Hall–Kier alpha value is -2.34. The predicted octanol–water partition coefficient (Wildman–Crippen LogP) is 4.17. The Morgan fingerprint density at radius 1 is 0.962 bits per heavy atom. The zero-order valence-electron chi connectivity index (χ0n) is 14.7. The zero-order valence-corrected chi connectivity index (χ0v) is 14.7. The third kappa shape index (κ3) is 4.85. The van der Waals surface area contributed by atoms with Gasteiger partial charge in [0, 0.05) is 38.3 Å². The molecule has 0 atom stereocenters. The van der Waals surface area contributed by atoms with Gasteiger partial charge in [-0.2, -0.15) is 18.3 Å². The zero-order chi connectivity index (χ0) is 18.6. The van der Waals surface area contributed by atoms with E-state index in [1.807, 2.05) is 5.01 Å². The van der Waals surface area contributed by atoms with Crippen LogP contribution in [0.5, 0.6) is 0 Å². The maximum Gasteiger partial charge on any atom is 0.417 e. The number of hydrogen-bond acceptors (Lipinski definition) is 3. The highest BCUT2D eigenvalue weighted by Gasteiger charge is 2.32. The van der Waals surface area contributed by atoms with Gasteiger partial charge in [0.15, 0.2) is 0 Å². The third-order valence-corrected chi connectivity index (χ3v) is 4.50. The first-order chi connectivity index (χ1) is 12.4. The van der Waals surface area contributed by atoms with E-state index >= 15 is 0 Å². The fourth-order valence-electron chi connectivity index (χ4n) is 2.97. The van der Waals surface area contributed by atoms with E-state index in [9.17, 15) is 13.2 Å². The van der Waals surface area contributed by atoms with E-state index < -0.39 is 11.7 Å². The van der Waals surface area contributed by atoms with Crippen LogP contribution in [0.15, 0.2) is 53.6 Å². The molecule has 1 aliphatic heterocycles. The molecule has 2 aromatic rings. The summed E-state index contributed by atoms with van der Waals surface area (Å²) in [7, 11) is 0. The molecule has 0 radical (unpaired) electrons. The Bertz CT molecular complexity index is 746. The molecular weight excluding hydrogens is 339 g/mol. The number of halogens is 3. The minimum Gasteiger partial charge on any atom is -0.295 e. The van der Waals surface area contributed by atoms with Crippen LogP contribution in [0.1, 0.15) is 22.3 Å². The highest BCUT2D eigenvalue weighted by Crippen LogP contribution is 2.31. The van der Waals surface area contributed by atoms with Crippen LogP contribution >= 0.6 is 0 Å². The Kier molecular flexibility index (Phi) is 5.61.